The lowest BCUT2D eigenvalue weighted by Crippen LogP contribution is -2.32. The maximum absolute atomic E-state index is 10.7. The molecular weight excluding hydrogens is 272 g/mol. The second kappa shape index (κ2) is 5.83. The fourth-order valence-corrected chi connectivity index (χ4v) is 1.94. The molecule has 0 aliphatic carbocycles. The van der Waals surface area contributed by atoms with Crippen LogP contribution in [0.15, 0.2) is 24.8 Å². The van der Waals surface area contributed by atoms with Crippen LogP contribution < -0.4 is 10.5 Å². The minimum atomic E-state index is -4.38. The largest absolute Gasteiger partial charge is 0.480 e. The fourth-order valence-electron chi connectivity index (χ4n) is 1.48. The molecule has 1 aromatic rings. The van der Waals surface area contributed by atoms with Crippen LogP contribution in [0.5, 0.6) is 0 Å². The van der Waals surface area contributed by atoms with Crippen molar-refractivity contribution in [1.82, 2.24) is 0 Å². The molecule has 104 valence electrons. The summed E-state index contributed by atoms with van der Waals surface area (Å²) in [5.74, 6) is -1.12. The molecular formula is C11H14N2O5S. The van der Waals surface area contributed by atoms with Crippen LogP contribution in [0.4, 0.5) is 5.69 Å². The number of aliphatic carboxylic acids is 1. The van der Waals surface area contributed by atoms with Crippen LogP contribution in [0.25, 0.3) is 6.08 Å². The predicted octanol–water partition coefficient (Wildman–Crippen LogP) is 0.499. The van der Waals surface area contributed by atoms with Gasteiger partial charge in [0.15, 0.2) is 0 Å². The molecule has 0 saturated heterocycles. The Morgan fingerprint density at radius 3 is 2.63 bits per heavy atom. The smallest absolute Gasteiger partial charge is 0.357 e. The average molecular weight is 286 g/mol. The highest BCUT2D eigenvalue weighted by Crippen LogP contribution is 2.20. The summed E-state index contributed by atoms with van der Waals surface area (Å²) < 4.78 is 32.1. The topological polar surface area (TPSA) is 130 Å². The Labute approximate surface area is 110 Å². The molecule has 1 aromatic carbocycles. The second-order valence-electron chi connectivity index (χ2n) is 3.85. The molecule has 0 aliphatic heterocycles. The molecule has 0 aromatic heterocycles. The van der Waals surface area contributed by atoms with Crippen molar-refractivity contribution >= 4 is 28.0 Å². The second-order valence-corrected chi connectivity index (χ2v) is 5.01. The molecule has 0 amide bonds. The lowest BCUT2D eigenvalue weighted by molar-refractivity contribution is -0.138. The summed E-state index contributed by atoms with van der Waals surface area (Å²) in [5, 5.41) is 8.71. The van der Waals surface area contributed by atoms with Gasteiger partial charge in [-0.15, -0.1) is 0 Å². The summed E-state index contributed by atoms with van der Waals surface area (Å²) in [6.45, 7) is 3.51. The third-order valence-corrected chi connectivity index (χ3v) is 2.83. The Kier molecular flexibility index (Phi) is 4.65. The van der Waals surface area contributed by atoms with Crippen LogP contribution >= 0.6 is 0 Å². The predicted molar refractivity (Wildman–Crippen MR) is 71.0 cm³/mol. The number of nitrogens with two attached hydrogens (primary N) is 1. The van der Waals surface area contributed by atoms with Crippen molar-refractivity contribution in [3.8, 4) is 0 Å². The van der Waals surface area contributed by atoms with Gasteiger partial charge < -0.3 is 10.8 Å². The number of hydrogen-bond acceptors (Lipinski definition) is 4. The fraction of sp³-hybridized carbons (Fsp3) is 0.182. The number of nitrogens with one attached hydrogen (secondary N) is 1. The lowest BCUT2D eigenvalue weighted by atomic mass is 10.0. The van der Waals surface area contributed by atoms with E-state index in [0.29, 0.717) is 11.1 Å². The first-order chi connectivity index (χ1) is 8.73. The number of carboxylic acids is 1. The highest BCUT2D eigenvalue weighted by atomic mass is 32.2. The van der Waals surface area contributed by atoms with E-state index >= 15 is 0 Å². The first-order valence-corrected chi connectivity index (χ1v) is 6.66. The maximum atomic E-state index is 10.7. The minimum absolute atomic E-state index is 0.0995. The van der Waals surface area contributed by atoms with E-state index in [0.717, 1.165) is 0 Å². The van der Waals surface area contributed by atoms with E-state index in [4.69, 9.17) is 15.4 Å². The Morgan fingerprint density at radius 1 is 1.53 bits per heavy atom. The molecule has 0 aliphatic rings. The number of hydrogen-bond donors (Lipinski definition) is 4. The van der Waals surface area contributed by atoms with Crippen LogP contribution in [0, 0.1) is 0 Å². The molecule has 7 nitrogen and oxygen atoms in total. The van der Waals surface area contributed by atoms with Crippen molar-refractivity contribution in [2.45, 2.75) is 12.5 Å². The zero-order valence-corrected chi connectivity index (χ0v) is 10.7. The van der Waals surface area contributed by atoms with Gasteiger partial charge in [0.1, 0.15) is 6.04 Å². The molecule has 0 spiro atoms. The van der Waals surface area contributed by atoms with Gasteiger partial charge in [0.2, 0.25) is 0 Å². The van der Waals surface area contributed by atoms with Crippen molar-refractivity contribution in [2.75, 3.05) is 4.72 Å². The third-order valence-electron chi connectivity index (χ3n) is 2.35. The number of anilines is 1. The molecule has 1 rings (SSSR count). The summed E-state index contributed by atoms with van der Waals surface area (Å²) >= 11 is 0. The van der Waals surface area contributed by atoms with E-state index in [-0.39, 0.29) is 12.1 Å². The highest BCUT2D eigenvalue weighted by Gasteiger charge is 2.14. The van der Waals surface area contributed by atoms with E-state index in [1.807, 2.05) is 4.72 Å². The Hall–Kier alpha value is -1.90. The van der Waals surface area contributed by atoms with Crippen LogP contribution in [0.2, 0.25) is 0 Å². The van der Waals surface area contributed by atoms with Crippen molar-refractivity contribution < 1.29 is 22.9 Å². The molecule has 0 fully saturated rings. The first-order valence-electron chi connectivity index (χ1n) is 5.22. The van der Waals surface area contributed by atoms with Gasteiger partial charge in [-0.1, -0.05) is 18.7 Å². The average Bonchev–Trinajstić information content (AvgIpc) is 2.29. The minimum Gasteiger partial charge on any atom is -0.480 e. The monoisotopic (exact) mass is 286 g/mol. The highest BCUT2D eigenvalue weighted by molar-refractivity contribution is 7.87. The van der Waals surface area contributed by atoms with Crippen LogP contribution in [0.1, 0.15) is 11.1 Å². The van der Waals surface area contributed by atoms with E-state index < -0.39 is 22.3 Å². The van der Waals surface area contributed by atoms with E-state index in [2.05, 4.69) is 6.58 Å². The Balaban J connectivity index is 3.02. The molecule has 1 unspecified atom stereocenters. The van der Waals surface area contributed by atoms with Gasteiger partial charge in [0.05, 0.1) is 5.69 Å². The first kappa shape index (κ1) is 15.2. The van der Waals surface area contributed by atoms with Gasteiger partial charge >= 0.3 is 16.3 Å². The SMILES string of the molecule is C=Cc1cc(CC(N)C(=O)O)ccc1NS(=O)(=O)O. The molecule has 1 atom stereocenters. The van der Waals surface area contributed by atoms with Crippen LogP contribution in [0.3, 0.4) is 0 Å². The van der Waals surface area contributed by atoms with Gasteiger partial charge in [0.25, 0.3) is 0 Å². The molecule has 0 saturated carbocycles. The number of carbonyl (C=O) groups is 1. The summed E-state index contributed by atoms with van der Waals surface area (Å²) in [6.07, 6.45) is 1.48. The van der Waals surface area contributed by atoms with Gasteiger partial charge in [-0.3, -0.25) is 14.1 Å². The lowest BCUT2D eigenvalue weighted by Gasteiger charge is -2.11. The third kappa shape index (κ3) is 4.70. The van der Waals surface area contributed by atoms with Crippen LogP contribution in [-0.4, -0.2) is 30.1 Å². The number of benzene rings is 1. The zero-order valence-electron chi connectivity index (χ0n) is 9.91. The summed E-state index contributed by atoms with van der Waals surface area (Å²) in [6, 6.07) is 3.42. The number of carboxylic acid groups (broad SMARTS) is 1. The van der Waals surface area contributed by atoms with Gasteiger partial charge in [-0.2, -0.15) is 8.42 Å². The Morgan fingerprint density at radius 2 is 2.16 bits per heavy atom. The standard InChI is InChI=1S/C11H14N2O5S/c1-2-8-5-7(6-9(12)11(14)15)3-4-10(8)13-19(16,17)18/h2-5,9,13H,1,6,12H2,(H,14,15)(H,16,17,18). The molecule has 8 heteroatoms. The van der Waals surface area contributed by atoms with E-state index in [1.54, 1.807) is 6.07 Å². The van der Waals surface area contributed by atoms with Crippen molar-refractivity contribution in [2.24, 2.45) is 5.73 Å². The van der Waals surface area contributed by atoms with Gasteiger partial charge in [-0.05, 0) is 29.7 Å². The van der Waals surface area contributed by atoms with E-state index in [9.17, 15) is 13.2 Å². The molecule has 0 bridgehead atoms. The van der Waals surface area contributed by atoms with Crippen LogP contribution in [-0.2, 0) is 21.5 Å². The summed E-state index contributed by atoms with van der Waals surface area (Å²) in [5.41, 5.74) is 6.57. The zero-order chi connectivity index (χ0) is 14.6. The molecule has 19 heavy (non-hydrogen) atoms. The van der Waals surface area contributed by atoms with Gasteiger partial charge in [0, 0.05) is 0 Å². The van der Waals surface area contributed by atoms with E-state index in [1.165, 1.54) is 18.2 Å². The Bertz CT molecular complexity index is 597. The maximum Gasteiger partial charge on any atom is 0.357 e. The number of rotatable bonds is 6. The summed E-state index contributed by atoms with van der Waals surface area (Å²) in [4.78, 5) is 10.6. The summed E-state index contributed by atoms with van der Waals surface area (Å²) in [7, 11) is -4.38. The quantitative estimate of drug-likeness (QED) is 0.563. The molecule has 5 N–H and O–H groups in total. The van der Waals surface area contributed by atoms with Gasteiger partial charge in [-0.25, -0.2) is 0 Å². The normalized spacial score (nSPS) is 12.7. The van der Waals surface area contributed by atoms with Crippen molar-refractivity contribution in [1.29, 1.82) is 0 Å². The van der Waals surface area contributed by atoms with Crippen molar-refractivity contribution in [3.05, 3.63) is 35.9 Å². The molecule has 0 radical (unpaired) electrons. The molecule has 0 heterocycles. The van der Waals surface area contributed by atoms with Crippen molar-refractivity contribution in [3.63, 3.8) is 0 Å².